The van der Waals surface area contributed by atoms with Gasteiger partial charge in [-0.3, -0.25) is 4.79 Å². The van der Waals surface area contributed by atoms with Crippen LogP contribution in [0.5, 0.6) is 0 Å². The van der Waals surface area contributed by atoms with E-state index >= 15 is 0 Å². The molecule has 0 spiro atoms. The Morgan fingerprint density at radius 3 is 2.41 bits per heavy atom. The molecule has 0 heterocycles. The summed E-state index contributed by atoms with van der Waals surface area (Å²) in [6.07, 6.45) is 14.5. The van der Waals surface area contributed by atoms with Crippen LogP contribution < -0.4 is 0 Å². The van der Waals surface area contributed by atoms with Crippen molar-refractivity contribution in [1.82, 2.24) is 0 Å². The molecule has 156 valence electrons. The highest BCUT2D eigenvalue weighted by Gasteiger charge is 2.46. The summed E-state index contributed by atoms with van der Waals surface area (Å²) in [7, 11) is 1.71. The topological polar surface area (TPSA) is 46.5 Å². The number of carbonyl (C=O) groups is 1. The van der Waals surface area contributed by atoms with Crippen molar-refractivity contribution in [3.8, 4) is 0 Å². The van der Waals surface area contributed by atoms with Crippen molar-refractivity contribution in [2.24, 2.45) is 17.3 Å². The Labute approximate surface area is 167 Å². The number of unbranched alkanes of at least 4 members (excludes halogenated alkanes) is 2. The molecule has 2 unspecified atom stereocenters. The number of hydrogen-bond acceptors (Lipinski definition) is 2. The third-order valence-corrected chi connectivity index (χ3v) is 5.90. The van der Waals surface area contributed by atoms with Gasteiger partial charge in [0.25, 0.3) is 0 Å². The van der Waals surface area contributed by atoms with Gasteiger partial charge < -0.3 is 9.84 Å². The normalized spacial score (nSPS) is 22.7. The smallest absolute Gasteiger partial charge is 0.314 e. The van der Waals surface area contributed by atoms with Crippen molar-refractivity contribution in [2.75, 3.05) is 13.7 Å². The molecule has 0 aromatic carbocycles. The summed E-state index contributed by atoms with van der Waals surface area (Å²) in [5.41, 5.74) is 1.81. The lowest BCUT2D eigenvalue weighted by atomic mass is 9.62. The monoisotopic (exact) mass is 378 g/mol. The maximum atomic E-state index is 12.7. The van der Waals surface area contributed by atoms with E-state index < -0.39 is 11.4 Å². The minimum absolute atomic E-state index is 0.0547. The fourth-order valence-corrected chi connectivity index (χ4v) is 4.34. The van der Waals surface area contributed by atoms with Crippen molar-refractivity contribution >= 4 is 5.97 Å². The van der Waals surface area contributed by atoms with Crippen molar-refractivity contribution in [2.45, 2.75) is 91.9 Å². The lowest BCUT2D eigenvalue weighted by Crippen LogP contribution is -2.41. The molecule has 1 N–H and O–H groups in total. The lowest BCUT2D eigenvalue weighted by molar-refractivity contribution is -0.149. The van der Waals surface area contributed by atoms with Gasteiger partial charge >= 0.3 is 5.97 Å². The van der Waals surface area contributed by atoms with Gasteiger partial charge in [0.15, 0.2) is 0 Å². The minimum atomic E-state index is -0.770. The van der Waals surface area contributed by atoms with Crippen molar-refractivity contribution < 1.29 is 14.6 Å². The molecule has 1 rings (SSSR count). The second kappa shape index (κ2) is 12.4. The Bertz CT molecular complexity index is 504. The fraction of sp³-hybridized carbons (Fsp3) is 0.792. The zero-order valence-electron chi connectivity index (χ0n) is 18.4. The molecule has 0 aromatic heterocycles. The second-order valence-electron chi connectivity index (χ2n) is 8.61. The highest BCUT2D eigenvalue weighted by molar-refractivity contribution is 5.79. The molecule has 1 aliphatic carbocycles. The van der Waals surface area contributed by atoms with E-state index in [-0.39, 0.29) is 5.92 Å². The van der Waals surface area contributed by atoms with Gasteiger partial charge in [-0.25, -0.2) is 0 Å². The molecule has 0 aromatic rings. The molecule has 0 radical (unpaired) electrons. The van der Waals surface area contributed by atoms with E-state index in [1.165, 1.54) is 11.1 Å². The first-order chi connectivity index (χ1) is 12.9. The maximum Gasteiger partial charge on any atom is 0.314 e. The van der Waals surface area contributed by atoms with Gasteiger partial charge in [0.05, 0.1) is 5.41 Å². The van der Waals surface area contributed by atoms with Crippen LogP contribution in [-0.4, -0.2) is 24.8 Å². The molecule has 0 saturated heterocycles. The molecule has 0 bridgehead atoms. The van der Waals surface area contributed by atoms with E-state index in [1.54, 1.807) is 7.11 Å². The highest BCUT2D eigenvalue weighted by atomic mass is 16.5. The van der Waals surface area contributed by atoms with Crippen molar-refractivity contribution in [1.29, 1.82) is 0 Å². The number of hydrogen-bond donors (Lipinski definition) is 1. The molecule has 0 saturated carbocycles. The summed E-state index contributed by atoms with van der Waals surface area (Å²) in [5, 5.41) is 10.4. The lowest BCUT2D eigenvalue weighted by Gasteiger charge is -2.40. The molecule has 2 atom stereocenters. The quantitative estimate of drug-likeness (QED) is 0.362. The van der Waals surface area contributed by atoms with E-state index in [1.807, 2.05) is 0 Å². The predicted octanol–water partition coefficient (Wildman–Crippen LogP) is 6.78. The van der Waals surface area contributed by atoms with Crippen LogP contribution in [0.3, 0.4) is 0 Å². The van der Waals surface area contributed by atoms with Gasteiger partial charge in [0, 0.05) is 19.6 Å². The molecule has 27 heavy (non-hydrogen) atoms. The van der Waals surface area contributed by atoms with Gasteiger partial charge in [-0.15, -0.1) is 0 Å². The Kier molecular flexibility index (Phi) is 11.0. The molecule has 1 aliphatic rings. The fourth-order valence-electron chi connectivity index (χ4n) is 4.34. The van der Waals surface area contributed by atoms with Crippen LogP contribution in [0, 0.1) is 17.3 Å². The Balaban J connectivity index is 3.26. The molecule has 0 aliphatic heterocycles. The molecular formula is C24H42O3. The number of carboxylic acid groups (broad SMARTS) is 1. The van der Waals surface area contributed by atoms with Crippen LogP contribution in [0.4, 0.5) is 0 Å². The molecule has 0 amide bonds. The molecule has 3 nitrogen and oxygen atoms in total. The zero-order chi connectivity index (χ0) is 20.3. The van der Waals surface area contributed by atoms with Crippen molar-refractivity contribution in [3.05, 3.63) is 23.3 Å². The average Bonchev–Trinajstić information content (AvgIpc) is 2.63. The minimum Gasteiger partial charge on any atom is -0.481 e. The second-order valence-corrected chi connectivity index (χ2v) is 8.61. The summed E-state index contributed by atoms with van der Waals surface area (Å²) >= 11 is 0. The summed E-state index contributed by atoms with van der Waals surface area (Å²) in [6.45, 7) is 9.44. The molecule has 3 heteroatoms. The van der Waals surface area contributed by atoms with E-state index in [9.17, 15) is 9.90 Å². The van der Waals surface area contributed by atoms with E-state index in [2.05, 4.69) is 39.8 Å². The van der Waals surface area contributed by atoms with Crippen LogP contribution in [0.2, 0.25) is 0 Å². The number of aliphatic carboxylic acids is 1. The average molecular weight is 379 g/mol. The van der Waals surface area contributed by atoms with E-state index in [0.29, 0.717) is 12.5 Å². The Morgan fingerprint density at radius 1 is 1.19 bits per heavy atom. The van der Waals surface area contributed by atoms with Crippen LogP contribution in [-0.2, 0) is 9.53 Å². The largest absolute Gasteiger partial charge is 0.481 e. The summed E-state index contributed by atoms with van der Waals surface area (Å²) in [4.78, 5) is 12.7. The third-order valence-electron chi connectivity index (χ3n) is 5.90. The van der Waals surface area contributed by atoms with E-state index in [0.717, 1.165) is 64.2 Å². The van der Waals surface area contributed by atoms with Gasteiger partial charge in [-0.1, -0.05) is 76.7 Å². The number of allylic oxidation sites excluding steroid dienone is 3. The summed E-state index contributed by atoms with van der Waals surface area (Å²) < 4.78 is 5.36. The Morgan fingerprint density at radius 2 is 1.85 bits per heavy atom. The molecule has 0 fully saturated rings. The number of ether oxygens (including phenoxy) is 1. The van der Waals surface area contributed by atoms with Crippen LogP contribution in [0.15, 0.2) is 23.3 Å². The first kappa shape index (κ1) is 23.9. The van der Waals surface area contributed by atoms with Gasteiger partial charge in [0.2, 0.25) is 0 Å². The van der Waals surface area contributed by atoms with Gasteiger partial charge in [-0.05, 0) is 44.4 Å². The van der Waals surface area contributed by atoms with Crippen LogP contribution in [0.1, 0.15) is 91.9 Å². The maximum absolute atomic E-state index is 12.7. The van der Waals surface area contributed by atoms with Crippen LogP contribution in [0.25, 0.3) is 0 Å². The third kappa shape index (κ3) is 7.10. The summed E-state index contributed by atoms with van der Waals surface area (Å²) in [6, 6.07) is 0. The first-order valence-electron chi connectivity index (χ1n) is 11.1. The standard InChI is InChI=1S/C24H42O3/c1-6-8-12-20-17-21(13-9-7-2)22(14-16-27-5)24(18-20,23(25)26)15-10-11-19(3)4/h17-19,22H,6-16H2,1-5H3,(H,25,26). The number of rotatable bonds is 14. The van der Waals surface area contributed by atoms with Crippen molar-refractivity contribution in [3.63, 3.8) is 0 Å². The van der Waals surface area contributed by atoms with Gasteiger partial charge in [0.1, 0.15) is 0 Å². The van der Waals surface area contributed by atoms with E-state index in [4.69, 9.17) is 4.74 Å². The van der Waals surface area contributed by atoms with Crippen LogP contribution >= 0.6 is 0 Å². The number of carboxylic acids is 1. The summed E-state index contributed by atoms with van der Waals surface area (Å²) in [5.74, 6) is 0.0120. The zero-order valence-corrected chi connectivity index (χ0v) is 18.4. The SMILES string of the molecule is CCCCC1=CC(CCCC(C)C)(C(=O)O)C(CCOC)C(CCCC)=C1. The highest BCUT2D eigenvalue weighted by Crippen LogP contribution is 2.48. The predicted molar refractivity (Wildman–Crippen MR) is 114 cm³/mol. The first-order valence-corrected chi connectivity index (χ1v) is 11.1. The number of methoxy groups -OCH3 is 1. The van der Waals surface area contributed by atoms with Gasteiger partial charge in [-0.2, -0.15) is 0 Å². The molecular weight excluding hydrogens is 336 g/mol. The Hall–Kier alpha value is -1.09.